The number of esters is 3. The minimum absolute atomic E-state index is 0.0549. The SMILES string of the molecule is CC/C=C\C/C=C\C/C=C\C/C=C\C/C=C\CCCCCC(=O)OCC(COC1OC(C(=O)O)C(O)C(O)C1OC(=O)CCCCCCCCCCCCCCCCCCCCC)OC(=O)CCCCCCC/C=C\C/C=C\C/C=C\CC. The third kappa shape index (κ3) is 47.6. The monoisotopic (exact) mass is 1160 g/mol. The molecule has 12 heteroatoms. The maximum atomic E-state index is 13.2. The van der Waals surface area contributed by atoms with Crippen molar-refractivity contribution in [3.05, 3.63) is 97.2 Å². The van der Waals surface area contributed by atoms with Crippen molar-refractivity contribution in [1.82, 2.24) is 0 Å². The highest BCUT2D eigenvalue weighted by atomic mass is 16.7. The molecule has 12 nitrogen and oxygen atoms in total. The Balaban J connectivity index is 2.67. The van der Waals surface area contributed by atoms with Crippen LogP contribution in [0.1, 0.15) is 278 Å². The van der Waals surface area contributed by atoms with Crippen LogP contribution in [0.5, 0.6) is 0 Å². The number of ether oxygens (including phenoxy) is 5. The van der Waals surface area contributed by atoms with Crippen molar-refractivity contribution < 1.29 is 58.2 Å². The zero-order valence-corrected chi connectivity index (χ0v) is 52.4. The summed E-state index contributed by atoms with van der Waals surface area (Å²) < 4.78 is 28.5. The highest BCUT2D eigenvalue weighted by Gasteiger charge is 2.50. The van der Waals surface area contributed by atoms with E-state index in [1.807, 2.05) is 0 Å². The van der Waals surface area contributed by atoms with Gasteiger partial charge < -0.3 is 39.0 Å². The molecule has 0 saturated carbocycles. The molecule has 0 spiro atoms. The van der Waals surface area contributed by atoms with Crippen LogP contribution in [0.15, 0.2) is 97.2 Å². The Kier molecular flexibility index (Phi) is 53.6. The Labute approximate surface area is 504 Å². The topological polar surface area (TPSA) is 175 Å². The van der Waals surface area contributed by atoms with E-state index in [2.05, 4.69) is 118 Å². The standard InChI is InChI=1S/C71H118O12/c1-4-7-10-13-16-19-22-25-28-30-32-34-37-39-42-45-48-51-54-57-63(72)79-60-62(81-64(73)58-55-52-49-46-43-40-36-27-24-21-18-15-12-9-6-3)61-80-71-69(67(76)66(75)68(83-71)70(77)78)82-65(74)59-56-53-50-47-44-41-38-35-33-31-29-26-23-20-17-14-11-8-5-2/h7,9-10,12,16,18-19,21,25,27-28,32,34,36,39,42,62,66-69,71,75-76H,4-6,8,11,13-15,17,20,22-24,26,29-31,33,35,37-38,40-41,43-61H2,1-3H3,(H,77,78)/b10-7-,12-9-,19-16-,21-18-,28-25-,34-32-,36-27-,42-39-. The molecule has 6 atom stereocenters. The number of rotatable bonds is 56. The molecule has 1 heterocycles. The van der Waals surface area contributed by atoms with Crippen LogP contribution in [0, 0.1) is 0 Å². The number of carbonyl (C=O) groups excluding carboxylic acids is 3. The van der Waals surface area contributed by atoms with E-state index in [1.54, 1.807) is 0 Å². The van der Waals surface area contributed by atoms with Crippen LogP contribution in [0.2, 0.25) is 0 Å². The van der Waals surface area contributed by atoms with Crippen LogP contribution in [0.4, 0.5) is 0 Å². The van der Waals surface area contributed by atoms with Crippen LogP contribution < -0.4 is 0 Å². The van der Waals surface area contributed by atoms with Gasteiger partial charge in [0.25, 0.3) is 0 Å². The fourth-order valence-electron chi connectivity index (χ4n) is 9.65. The lowest BCUT2D eigenvalue weighted by Gasteiger charge is -2.40. The third-order valence-corrected chi connectivity index (χ3v) is 14.7. The van der Waals surface area contributed by atoms with Crippen molar-refractivity contribution in [2.24, 2.45) is 0 Å². The Morgan fingerprint density at radius 1 is 0.410 bits per heavy atom. The number of unbranched alkanes of at least 4 members (excludes halogenated alkanes) is 26. The van der Waals surface area contributed by atoms with Gasteiger partial charge in [0.1, 0.15) is 18.8 Å². The number of aliphatic carboxylic acids is 1. The van der Waals surface area contributed by atoms with E-state index in [0.717, 1.165) is 128 Å². The first-order chi connectivity index (χ1) is 40.6. The summed E-state index contributed by atoms with van der Waals surface area (Å²) in [7, 11) is 0. The van der Waals surface area contributed by atoms with Gasteiger partial charge in [0, 0.05) is 19.3 Å². The van der Waals surface area contributed by atoms with Crippen LogP contribution >= 0.6 is 0 Å². The van der Waals surface area contributed by atoms with Crippen LogP contribution in [-0.4, -0.2) is 89.2 Å². The van der Waals surface area contributed by atoms with Crippen molar-refractivity contribution in [3.63, 3.8) is 0 Å². The molecule has 0 amide bonds. The number of aliphatic hydroxyl groups excluding tert-OH is 2. The molecule has 1 aliphatic rings. The number of carbonyl (C=O) groups is 4. The second-order valence-corrected chi connectivity index (χ2v) is 22.3. The number of carboxylic acid groups (broad SMARTS) is 1. The number of hydrogen-bond acceptors (Lipinski definition) is 11. The fraction of sp³-hybridized carbons (Fsp3) is 0.718. The number of aliphatic hydroxyl groups is 2. The summed E-state index contributed by atoms with van der Waals surface area (Å²) in [4.78, 5) is 51.4. The zero-order chi connectivity index (χ0) is 60.3. The fourth-order valence-corrected chi connectivity index (χ4v) is 9.65. The van der Waals surface area contributed by atoms with Gasteiger partial charge in [-0.05, 0) is 96.3 Å². The van der Waals surface area contributed by atoms with E-state index in [1.165, 1.54) is 89.9 Å². The highest BCUT2D eigenvalue weighted by molar-refractivity contribution is 5.74. The minimum Gasteiger partial charge on any atom is -0.479 e. The van der Waals surface area contributed by atoms with Gasteiger partial charge in [-0.25, -0.2) is 4.79 Å². The summed E-state index contributed by atoms with van der Waals surface area (Å²) in [5.41, 5.74) is 0. The first kappa shape index (κ1) is 76.7. The first-order valence-corrected chi connectivity index (χ1v) is 33.2. The summed E-state index contributed by atoms with van der Waals surface area (Å²) in [6, 6.07) is 0. The average Bonchev–Trinajstić information content (AvgIpc) is 3.57. The van der Waals surface area contributed by atoms with Gasteiger partial charge in [0.05, 0.1) is 6.61 Å². The van der Waals surface area contributed by atoms with Gasteiger partial charge in [-0.2, -0.15) is 0 Å². The van der Waals surface area contributed by atoms with Gasteiger partial charge in [-0.3, -0.25) is 14.4 Å². The van der Waals surface area contributed by atoms with Crippen LogP contribution in [-0.2, 0) is 42.9 Å². The molecule has 1 saturated heterocycles. The minimum atomic E-state index is -1.91. The van der Waals surface area contributed by atoms with Crippen molar-refractivity contribution in [3.8, 4) is 0 Å². The largest absolute Gasteiger partial charge is 0.479 e. The Morgan fingerprint density at radius 3 is 1.17 bits per heavy atom. The van der Waals surface area contributed by atoms with Gasteiger partial charge in [-0.1, -0.05) is 259 Å². The summed E-state index contributed by atoms with van der Waals surface area (Å²) in [6.07, 6.45) is 65.1. The summed E-state index contributed by atoms with van der Waals surface area (Å²) in [5.74, 6) is -3.18. The number of carboxylic acids is 1. The lowest BCUT2D eigenvalue weighted by molar-refractivity contribution is -0.301. The van der Waals surface area contributed by atoms with E-state index in [0.29, 0.717) is 19.3 Å². The maximum Gasteiger partial charge on any atom is 0.335 e. The second kappa shape index (κ2) is 58.0. The van der Waals surface area contributed by atoms with E-state index in [-0.39, 0.29) is 25.9 Å². The average molecular weight is 1160 g/mol. The molecule has 1 aliphatic heterocycles. The Hall–Kier alpha value is -4.36. The molecule has 3 N–H and O–H groups in total. The zero-order valence-electron chi connectivity index (χ0n) is 52.4. The van der Waals surface area contributed by atoms with E-state index >= 15 is 0 Å². The molecule has 0 aromatic carbocycles. The summed E-state index contributed by atoms with van der Waals surface area (Å²) in [5, 5.41) is 31.6. The quantitative estimate of drug-likeness (QED) is 0.0228. The van der Waals surface area contributed by atoms with Crippen molar-refractivity contribution in [1.29, 1.82) is 0 Å². The molecule has 0 bridgehead atoms. The number of allylic oxidation sites excluding steroid dienone is 16. The summed E-state index contributed by atoms with van der Waals surface area (Å²) >= 11 is 0. The molecule has 1 rings (SSSR count). The van der Waals surface area contributed by atoms with Crippen molar-refractivity contribution in [2.45, 2.75) is 314 Å². The third-order valence-electron chi connectivity index (χ3n) is 14.7. The lowest BCUT2D eigenvalue weighted by atomic mass is 9.98. The van der Waals surface area contributed by atoms with E-state index in [4.69, 9.17) is 23.7 Å². The van der Waals surface area contributed by atoms with Gasteiger partial charge in [-0.15, -0.1) is 0 Å². The molecular weight excluding hydrogens is 1040 g/mol. The summed E-state index contributed by atoms with van der Waals surface area (Å²) in [6.45, 7) is 5.76. The predicted octanol–water partition coefficient (Wildman–Crippen LogP) is 18.0. The molecule has 0 aliphatic carbocycles. The Morgan fingerprint density at radius 2 is 0.759 bits per heavy atom. The van der Waals surface area contributed by atoms with Crippen LogP contribution in [0.3, 0.4) is 0 Å². The molecule has 0 radical (unpaired) electrons. The van der Waals surface area contributed by atoms with Crippen molar-refractivity contribution in [2.75, 3.05) is 13.2 Å². The number of hydrogen-bond donors (Lipinski definition) is 3. The molecule has 474 valence electrons. The second-order valence-electron chi connectivity index (χ2n) is 22.3. The molecular formula is C71H118O12. The highest BCUT2D eigenvalue weighted by Crippen LogP contribution is 2.27. The molecule has 0 aromatic heterocycles. The van der Waals surface area contributed by atoms with E-state index < -0.39 is 67.3 Å². The van der Waals surface area contributed by atoms with Gasteiger partial charge in [0.2, 0.25) is 0 Å². The van der Waals surface area contributed by atoms with Crippen molar-refractivity contribution >= 4 is 23.9 Å². The molecule has 0 aromatic rings. The molecule has 83 heavy (non-hydrogen) atoms. The van der Waals surface area contributed by atoms with E-state index in [9.17, 15) is 34.5 Å². The van der Waals surface area contributed by atoms with Gasteiger partial charge in [0.15, 0.2) is 24.6 Å². The maximum absolute atomic E-state index is 13.2. The molecule has 6 unspecified atom stereocenters. The van der Waals surface area contributed by atoms with Crippen LogP contribution in [0.25, 0.3) is 0 Å². The molecule has 1 fully saturated rings. The van der Waals surface area contributed by atoms with Gasteiger partial charge >= 0.3 is 23.9 Å². The normalized spacial score (nSPS) is 18.2. The predicted molar refractivity (Wildman–Crippen MR) is 340 cm³/mol. The first-order valence-electron chi connectivity index (χ1n) is 33.2. The Bertz CT molecular complexity index is 1810. The lowest BCUT2D eigenvalue weighted by Crippen LogP contribution is -2.61. The smallest absolute Gasteiger partial charge is 0.335 e.